The van der Waals surface area contributed by atoms with Gasteiger partial charge in [0.25, 0.3) is 0 Å². The average Bonchev–Trinajstić information content (AvgIpc) is 2.88. The molecule has 1 heterocycles. The summed E-state index contributed by atoms with van der Waals surface area (Å²) >= 11 is 0. The second-order valence-corrected chi connectivity index (χ2v) is 5.50. The molecule has 19 heavy (non-hydrogen) atoms. The van der Waals surface area contributed by atoms with Gasteiger partial charge < -0.3 is 9.64 Å². The summed E-state index contributed by atoms with van der Waals surface area (Å²) in [6.07, 6.45) is 2.13. The van der Waals surface area contributed by atoms with Crippen LogP contribution in [0.5, 0.6) is 0 Å². The van der Waals surface area contributed by atoms with Crippen LogP contribution in [0.4, 0.5) is 0 Å². The van der Waals surface area contributed by atoms with Gasteiger partial charge in [-0.3, -0.25) is 4.79 Å². The van der Waals surface area contributed by atoms with E-state index < -0.39 is 0 Å². The molecule has 1 saturated heterocycles. The standard InChI is InChI=1S/C16H23NO2/c1-12(2)13-6-8-14(9-7-13)15-5-4-10-17(15)16(18)11-19-3/h6-9,12,15H,4-5,10-11H2,1-3H3/t15-/m1/s1. The Morgan fingerprint density at radius 1 is 1.37 bits per heavy atom. The molecule has 0 spiro atoms. The number of methoxy groups -OCH3 is 1. The van der Waals surface area contributed by atoms with Crippen LogP contribution >= 0.6 is 0 Å². The van der Waals surface area contributed by atoms with Crippen molar-refractivity contribution in [1.82, 2.24) is 4.90 Å². The molecule has 1 atom stereocenters. The molecule has 1 aliphatic heterocycles. The number of likely N-dealkylation sites (tertiary alicyclic amines) is 1. The third kappa shape index (κ3) is 3.16. The zero-order valence-corrected chi connectivity index (χ0v) is 12.1. The highest BCUT2D eigenvalue weighted by Gasteiger charge is 2.29. The van der Waals surface area contributed by atoms with Gasteiger partial charge in [-0.1, -0.05) is 38.1 Å². The Labute approximate surface area is 115 Å². The number of ether oxygens (including phenoxy) is 1. The lowest BCUT2D eigenvalue weighted by Crippen LogP contribution is -2.33. The molecule has 0 N–H and O–H groups in total. The molecule has 3 heteroatoms. The molecule has 0 radical (unpaired) electrons. The van der Waals surface area contributed by atoms with Crippen LogP contribution in [0.15, 0.2) is 24.3 Å². The van der Waals surface area contributed by atoms with Crippen LogP contribution in [-0.4, -0.2) is 31.1 Å². The number of nitrogens with zero attached hydrogens (tertiary/aromatic N) is 1. The molecule has 1 fully saturated rings. The summed E-state index contributed by atoms with van der Waals surface area (Å²) in [6, 6.07) is 8.91. The lowest BCUT2D eigenvalue weighted by atomic mass is 9.98. The number of carbonyl (C=O) groups is 1. The highest BCUT2D eigenvalue weighted by atomic mass is 16.5. The number of hydrogen-bond donors (Lipinski definition) is 0. The first-order valence-electron chi connectivity index (χ1n) is 7.01. The molecule has 0 aromatic heterocycles. The van der Waals surface area contributed by atoms with Crippen molar-refractivity contribution in [3.05, 3.63) is 35.4 Å². The van der Waals surface area contributed by atoms with Crippen LogP contribution in [0.3, 0.4) is 0 Å². The van der Waals surface area contributed by atoms with E-state index in [2.05, 4.69) is 38.1 Å². The SMILES string of the molecule is COCC(=O)N1CCC[C@@H]1c1ccc(C(C)C)cc1. The van der Waals surface area contributed by atoms with Gasteiger partial charge in [0.05, 0.1) is 6.04 Å². The number of amides is 1. The van der Waals surface area contributed by atoms with Gasteiger partial charge in [0, 0.05) is 13.7 Å². The molecule has 1 aromatic rings. The van der Waals surface area contributed by atoms with Crippen molar-refractivity contribution in [3.63, 3.8) is 0 Å². The molecule has 1 amide bonds. The fraction of sp³-hybridized carbons (Fsp3) is 0.562. The lowest BCUT2D eigenvalue weighted by molar-refractivity contribution is -0.136. The van der Waals surface area contributed by atoms with E-state index in [4.69, 9.17) is 4.74 Å². The monoisotopic (exact) mass is 261 g/mol. The average molecular weight is 261 g/mol. The topological polar surface area (TPSA) is 29.5 Å². The van der Waals surface area contributed by atoms with E-state index in [0.717, 1.165) is 19.4 Å². The largest absolute Gasteiger partial charge is 0.375 e. The summed E-state index contributed by atoms with van der Waals surface area (Å²) in [4.78, 5) is 14.0. The van der Waals surface area contributed by atoms with Gasteiger partial charge in [0.1, 0.15) is 6.61 Å². The van der Waals surface area contributed by atoms with Crippen LogP contribution < -0.4 is 0 Å². The first-order chi connectivity index (χ1) is 9.13. The molecule has 0 saturated carbocycles. The Hall–Kier alpha value is -1.35. The van der Waals surface area contributed by atoms with E-state index in [1.165, 1.54) is 11.1 Å². The van der Waals surface area contributed by atoms with E-state index in [1.54, 1.807) is 7.11 Å². The fourth-order valence-electron chi connectivity index (χ4n) is 2.72. The van der Waals surface area contributed by atoms with Crippen molar-refractivity contribution in [2.24, 2.45) is 0 Å². The van der Waals surface area contributed by atoms with Crippen molar-refractivity contribution in [1.29, 1.82) is 0 Å². The Morgan fingerprint density at radius 3 is 2.63 bits per heavy atom. The van der Waals surface area contributed by atoms with Crippen LogP contribution in [0.1, 0.15) is 49.8 Å². The molecule has 1 aliphatic rings. The van der Waals surface area contributed by atoms with Crippen molar-refractivity contribution < 1.29 is 9.53 Å². The van der Waals surface area contributed by atoms with E-state index >= 15 is 0 Å². The third-order valence-electron chi connectivity index (χ3n) is 3.83. The number of benzene rings is 1. The first-order valence-corrected chi connectivity index (χ1v) is 7.01. The lowest BCUT2D eigenvalue weighted by Gasteiger charge is -2.25. The predicted molar refractivity (Wildman–Crippen MR) is 76.1 cm³/mol. The number of hydrogen-bond acceptors (Lipinski definition) is 2. The Bertz CT molecular complexity index is 425. The van der Waals surface area contributed by atoms with Gasteiger partial charge in [-0.15, -0.1) is 0 Å². The minimum atomic E-state index is 0.0953. The first kappa shape index (κ1) is 14.1. The normalized spacial score (nSPS) is 19.2. The molecule has 3 nitrogen and oxygen atoms in total. The van der Waals surface area contributed by atoms with E-state index in [9.17, 15) is 4.79 Å². The predicted octanol–water partition coefficient (Wildman–Crippen LogP) is 3.12. The molecular weight excluding hydrogens is 238 g/mol. The molecule has 1 aromatic carbocycles. The highest BCUT2D eigenvalue weighted by molar-refractivity contribution is 5.78. The van der Waals surface area contributed by atoms with Gasteiger partial charge in [-0.2, -0.15) is 0 Å². The zero-order chi connectivity index (χ0) is 13.8. The molecular formula is C16H23NO2. The van der Waals surface area contributed by atoms with Gasteiger partial charge in [-0.25, -0.2) is 0 Å². The van der Waals surface area contributed by atoms with Gasteiger partial charge >= 0.3 is 0 Å². The van der Waals surface area contributed by atoms with Gasteiger partial charge in [-0.05, 0) is 29.9 Å². The van der Waals surface area contributed by atoms with Crippen molar-refractivity contribution in [2.45, 2.75) is 38.6 Å². The number of carbonyl (C=O) groups excluding carboxylic acids is 1. The highest BCUT2D eigenvalue weighted by Crippen LogP contribution is 2.32. The van der Waals surface area contributed by atoms with Crippen molar-refractivity contribution >= 4 is 5.91 Å². The van der Waals surface area contributed by atoms with Crippen molar-refractivity contribution in [2.75, 3.05) is 20.3 Å². The second kappa shape index (κ2) is 6.20. The van der Waals surface area contributed by atoms with Gasteiger partial charge in [0.2, 0.25) is 5.91 Å². The zero-order valence-electron chi connectivity index (χ0n) is 12.1. The maximum Gasteiger partial charge on any atom is 0.249 e. The van der Waals surface area contributed by atoms with Crippen LogP contribution in [-0.2, 0) is 9.53 Å². The molecule has 0 aliphatic carbocycles. The molecule has 2 rings (SSSR count). The summed E-state index contributed by atoms with van der Waals surface area (Å²) in [5.74, 6) is 0.641. The smallest absolute Gasteiger partial charge is 0.249 e. The van der Waals surface area contributed by atoms with Gasteiger partial charge in [0.15, 0.2) is 0 Å². The quantitative estimate of drug-likeness (QED) is 0.833. The Morgan fingerprint density at radius 2 is 2.05 bits per heavy atom. The summed E-state index contributed by atoms with van der Waals surface area (Å²) < 4.78 is 4.96. The van der Waals surface area contributed by atoms with E-state index in [1.807, 2.05) is 4.90 Å². The molecule has 0 bridgehead atoms. The van der Waals surface area contributed by atoms with Crippen LogP contribution in [0.25, 0.3) is 0 Å². The minimum Gasteiger partial charge on any atom is -0.375 e. The van der Waals surface area contributed by atoms with Crippen molar-refractivity contribution in [3.8, 4) is 0 Å². The maximum atomic E-state index is 12.0. The summed E-state index contributed by atoms with van der Waals surface area (Å²) in [5.41, 5.74) is 2.59. The number of rotatable bonds is 4. The van der Waals surface area contributed by atoms with E-state index in [0.29, 0.717) is 5.92 Å². The van der Waals surface area contributed by atoms with Crippen LogP contribution in [0, 0.1) is 0 Å². The fourth-order valence-corrected chi connectivity index (χ4v) is 2.72. The molecule has 0 unspecified atom stereocenters. The second-order valence-electron chi connectivity index (χ2n) is 5.50. The maximum absolute atomic E-state index is 12.0. The van der Waals surface area contributed by atoms with Crippen LogP contribution in [0.2, 0.25) is 0 Å². The Kier molecular flexibility index (Phi) is 4.59. The Balaban J connectivity index is 2.13. The summed E-state index contributed by atoms with van der Waals surface area (Å²) in [7, 11) is 1.57. The summed E-state index contributed by atoms with van der Waals surface area (Å²) in [5, 5.41) is 0. The van der Waals surface area contributed by atoms with E-state index in [-0.39, 0.29) is 18.6 Å². The minimum absolute atomic E-state index is 0.0953. The third-order valence-corrected chi connectivity index (χ3v) is 3.83. The summed E-state index contributed by atoms with van der Waals surface area (Å²) in [6.45, 7) is 5.41. The molecule has 104 valence electrons.